The lowest BCUT2D eigenvalue weighted by Crippen LogP contribution is -2.53. The maximum atomic E-state index is 14.2. The minimum absolute atomic E-state index is 0.102. The van der Waals surface area contributed by atoms with Crippen LogP contribution in [0.3, 0.4) is 0 Å². The zero-order valence-electron chi connectivity index (χ0n) is 30.3. The summed E-state index contributed by atoms with van der Waals surface area (Å²) in [5, 5.41) is 9.78. The third-order valence-corrected chi connectivity index (χ3v) is 12.1. The van der Waals surface area contributed by atoms with Crippen molar-refractivity contribution in [3.8, 4) is 0 Å². The van der Waals surface area contributed by atoms with Gasteiger partial charge in [-0.2, -0.15) is 0 Å². The molecule has 9 heteroatoms. The third kappa shape index (κ3) is 6.80. The maximum absolute atomic E-state index is 14.2. The molecule has 0 spiro atoms. The lowest BCUT2D eigenvalue weighted by atomic mass is 9.70. The SMILES string of the molecule is CC[C@H](C)[C@H](NC(=O)OCc1ccccc1)C(=O)N[C@@H]1Cc2c(ccc3c4c(c(Cl)cc23)C=C(Cl)CC4)[C@H](C2=C(C=O)C=C3C(=Nc4ccccc43)C2)C1. The summed E-state index contributed by atoms with van der Waals surface area (Å²) < 4.78 is 5.52. The number of aliphatic imine (C=N–C) groups is 1. The van der Waals surface area contributed by atoms with Crippen LogP contribution in [0.4, 0.5) is 10.5 Å². The number of rotatable bonds is 9. The van der Waals surface area contributed by atoms with Crippen LogP contribution in [0.15, 0.2) is 100 Å². The molecule has 0 saturated heterocycles. The van der Waals surface area contributed by atoms with Gasteiger partial charge in [-0.15, -0.1) is 0 Å². The molecule has 1 aliphatic heterocycles. The first-order chi connectivity index (χ1) is 26.2. The highest BCUT2D eigenvalue weighted by Gasteiger charge is 2.38. The van der Waals surface area contributed by atoms with Crippen molar-refractivity contribution < 1.29 is 19.1 Å². The summed E-state index contributed by atoms with van der Waals surface area (Å²) in [7, 11) is 0. The molecule has 1 heterocycles. The van der Waals surface area contributed by atoms with Gasteiger partial charge in [0.05, 0.1) is 11.4 Å². The summed E-state index contributed by atoms with van der Waals surface area (Å²) in [6, 6.07) is 22.8. The minimum Gasteiger partial charge on any atom is -0.445 e. The molecular weight excluding hydrogens is 717 g/mol. The molecule has 4 aromatic carbocycles. The van der Waals surface area contributed by atoms with Crippen molar-refractivity contribution >= 4 is 75.3 Å². The van der Waals surface area contributed by atoms with E-state index in [4.69, 9.17) is 32.9 Å². The van der Waals surface area contributed by atoms with E-state index in [2.05, 4.69) is 22.8 Å². The molecule has 0 aromatic heterocycles. The predicted octanol–water partition coefficient (Wildman–Crippen LogP) is 9.94. The average Bonchev–Trinajstić information content (AvgIpc) is 3.56. The average molecular weight is 759 g/mol. The highest BCUT2D eigenvalue weighted by Crippen LogP contribution is 2.48. The second-order valence-corrected chi connectivity index (χ2v) is 15.6. The van der Waals surface area contributed by atoms with Gasteiger partial charge >= 0.3 is 6.09 Å². The van der Waals surface area contributed by atoms with Crippen molar-refractivity contribution in [1.82, 2.24) is 10.6 Å². The molecule has 0 fully saturated rings. The Morgan fingerprint density at radius 3 is 2.57 bits per heavy atom. The molecule has 274 valence electrons. The Kier molecular flexibility index (Phi) is 10.0. The largest absolute Gasteiger partial charge is 0.445 e. The number of carbonyl (C=O) groups excluding carboxylic acids is 3. The number of halogens is 2. The van der Waals surface area contributed by atoms with E-state index >= 15 is 0 Å². The van der Waals surface area contributed by atoms with Crippen LogP contribution in [0, 0.1) is 5.92 Å². The highest BCUT2D eigenvalue weighted by atomic mass is 35.5. The van der Waals surface area contributed by atoms with Crippen LogP contribution in [-0.4, -0.2) is 36.1 Å². The Balaban J connectivity index is 1.16. The van der Waals surface area contributed by atoms with Gasteiger partial charge in [0.2, 0.25) is 5.91 Å². The van der Waals surface area contributed by atoms with Crippen molar-refractivity contribution in [2.24, 2.45) is 10.9 Å². The Bertz CT molecular complexity index is 2330. The smallest absolute Gasteiger partial charge is 0.408 e. The third-order valence-electron chi connectivity index (χ3n) is 11.5. The number of aldehydes is 1. The highest BCUT2D eigenvalue weighted by molar-refractivity contribution is 6.35. The first kappa shape index (κ1) is 36.0. The van der Waals surface area contributed by atoms with Gasteiger partial charge < -0.3 is 15.4 Å². The van der Waals surface area contributed by atoms with Crippen molar-refractivity contribution in [1.29, 1.82) is 0 Å². The maximum Gasteiger partial charge on any atom is 0.408 e. The molecule has 54 heavy (non-hydrogen) atoms. The molecule has 0 unspecified atom stereocenters. The molecular formula is C45H41Cl2N3O4. The van der Waals surface area contributed by atoms with Gasteiger partial charge in [0.1, 0.15) is 18.9 Å². The van der Waals surface area contributed by atoms with E-state index in [0.717, 1.165) is 85.3 Å². The summed E-state index contributed by atoms with van der Waals surface area (Å²) in [6.07, 6.45) is 8.11. The van der Waals surface area contributed by atoms with Crippen LogP contribution in [-0.2, 0) is 33.8 Å². The topological polar surface area (TPSA) is 96.9 Å². The van der Waals surface area contributed by atoms with Gasteiger partial charge in [0.25, 0.3) is 0 Å². The van der Waals surface area contributed by atoms with Gasteiger partial charge in [-0.05, 0) is 100 Å². The molecule has 8 rings (SSSR count). The van der Waals surface area contributed by atoms with E-state index in [0.29, 0.717) is 36.3 Å². The standard InChI is InChI=1S/C45H41Cl2N3O4/c1-3-25(2)43(50-45(53)54-24-26-9-5-4-6-10-26)44(52)48-29-19-35(34-22-42-39(17-27(34)23-51)33-11-7-8-12-41(33)49-42)32-16-15-30-31-14-13-28(46)18-38(31)40(47)21-37(30)36(32)20-29/h4-12,15-18,21,23,25,29,35,43H,3,13-14,19-20,22,24H2,1-2H3,(H,48,52)(H,50,53)/t25-,29-,35+,43-/m0/s1. The number of nitrogens with one attached hydrogen (secondary N) is 2. The first-order valence-corrected chi connectivity index (χ1v) is 19.5. The van der Waals surface area contributed by atoms with Crippen LogP contribution in [0.25, 0.3) is 22.4 Å². The van der Waals surface area contributed by atoms with Crippen LogP contribution in [0.5, 0.6) is 0 Å². The number of nitrogens with zero attached hydrogens (tertiary/aromatic N) is 1. The minimum atomic E-state index is -0.806. The molecule has 4 aliphatic rings. The second kappa shape index (κ2) is 15.0. The van der Waals surface area contributed by atoms with E-state index < -0.39 is 12.1 Å². The number of fused-ring (bicyclic) bond motifs is 8. The number of alkyl carbamates (subject to hydrolysis) is 1. The van der Waals surface area contributed by atoms with E-state index in [1.807, 2.05) is 86.7 Å². The van der Waals surface area contributed by atoms with Crippen LogP contribution < -0.4 is 10.6 Å². The summed E-state index contributed by atoms with van der Waals surface area (Å²) in [5.41, 5.74) is 10.7. The Morgan fingerprint density at radius 2 is 1.78 bits per heavy atom. The quantitative estimate of drug-likeness (QED) is 0.166. The number of allylic oxidation sites excluding steroid dienone is 5. The molecule has 7 nitrogen and oxygen atoms in total. The summed E-state index contributed by atoms with van der Waals surface area (Å²) >= 11 is 13.5. The molecule has 0 bridgehead atoms. The molecule has 0 radical (unpaired) electrons. The van der Waals surface area contributed by atoms with Crippen molar-refractivity contribution in [3.63, 3.8) is 0 Å². The van der Waals surface area contributed by atoms with Crippen LogP contribution in [0.1, 0.15) is 78.8 Å². The van der Waals surface area contributed by atoms with Crippen molar-refractivity contribution in [2.45, 2.75) is 77.0 Å². The number of aryl methyl sites for hydroxylation is 1. The van der Waals surface area contributed by atoms with Crippen molar-refractivity contribution in [2.75, 3.05) is 0 Å². The molecule has 4 atom stereocenters. The number of amides is 2. The fourth-order valence-electron chi connectivity index (χ4n) is 8.54. The molecule has 0 saturated carbocycles. The van der Waals surface area contributed by atoms with E-state index in [1.54, 1.807) is 0 Å². The molecule has 2 N–H and O–H groups in total. The van der Waals surface area contributed by atoms with Crippen LogP contribution >= 0.6 is 23.2 Å². The Hall–Kier alpha value is -4.98. The number of para-hydroxylation sites is 1. The monoisotopic (exact) mass is 757 g/mol. The summed E-state index contributed by atoms with van der Waals surface area (Å²) in [6.45, 7) is 4.05. The number of ether oxygens (including phenoxy) is 1. The van der Waals surface area contributed by atoms with Crippen molar-refractivity contribution in [3.05, 3.63) is 133 Å². The van der Waals surface area contributed by atoms with Gasteiger partial charge in [-0.1, -0.05) is 104 Å². The fraction of sp³-hybridized carbons (Fsp3) is 0.289. The van der Waals surface area contributed by atoms with Gasteiger partial charge in [0, 0.05) is 45.1 Å². The zero-order valence-corrected chi connectivity index (χ0v) is 31.8. The van der Waals surface area contributed by atoms with Gasteiger partial charge in [-0.3, -0.25) is 14.6 Å². The Labute approximate surface area is 325 Å². The molecule has 4 aromatic rings. The van der Waals surface area contributed by atoms with Gasteiger partial charge in [-0.25, -0.2) is 4.79 Å². The number of benzene rings is 4. The van der Waals surface area contributed by atoms with E-state index in [-0.39, 0.29) is 30.4 Å². The first-order valence-electron chi connectivity index (χ1n) is 18.7. The zero-order chi connectivity index (χ0) is 37.5. The van der Waals surface area contributed by atoms with E-state index in [9.17, 15) is 14.4 Å². The lowest BCUT2D eigenvalue weighted by Gasteiger charge is -2.37. The predicted molar refractivity (Wildman–Crippen MR) is 216 cm³/mol. The van der Waals surface area contributed by atoms with Crippen LogP contribution in [0.2, 0.25) is 5.02 Å². The van der Waals surface area contributed by atoms with Gasteiger partial charge in [0.15, 0.2) is 0 Å². The number of carbonyl (C=O) groups is 3. The number of hydrogen-bond acceptors (Lipinski definition) is 5. The second-order valence-electron chi connectivity index (χ2n) is 14.7. The number of hydrogen-bond donors (Lipinski definition) is 2. The molecule has 3 aliphatic carbocycles. The Morgan fingerprint density at radius 1 is 0.981 bits per heavy atom. The lowest BCUT2D eigenvalue weighted by molar-refractivity contribution is -0.125. The summed E-state index contributed by atoms with van der Waals surface area (Å²) in [4.78, 5) is 45.1. The summed E-state index contributed by atoms with van der Waals surface area (Å²) in [5.74, 6) is -0.599. The van der Waals surface area contributed by atoms with E-state index in [1.165, 1.54) is 5.56 Å². The fourth-order valence-corrected chi connectivity index (χ4v) is 9.02. The normalized spacial score (nSPS) is 19.6. The molecule has 2 amide bonds.